The van der Waals surface area contributed by atoms with Gasteiger partial charge in [0.15, 0.2) is 0 Å². The maximum Gasteiger partial charge on any atom is 0.319 e. The van der Waals surface area contributed by atoms with Gasteiger partial charge in [-0.05, 0) is 38.8 Å². The second kappa shape index (κ2) is 8.20. The van der Waals surface area contributed by atoms with Gasteiger partial charge in [-0.1, -0.05) is 23.7 Å². The molecule has 1 saturated heterocycles. The van der Waals surface area contributed by atoms with Crippen LogP contribution in [0.1, 0.15) is 37.0 Å². The van der Waals surface area contributed by atoms with Gasteiger partial charge in [-0.25, -0.2) is 4.79 Å². The summed E-state index contributed by atoms with van der Waals surface area (Å²) >= 11 is 6.05. The minimum atomic E-state index is -0.149. The number of benzene rings is 1. The second-order valence-corrected chi connectivity index (χ2v) is 6.08. The minimum absolute atomic E-state index is 0.0829. The number of piperidine rings is 1. The molecule has 0 bridgehead atoms. The zero-order valence-electron chi connectivity index (χ0n) is 13.7. The van der Waals surface area contributed by atoms with E-state index in [4.69, 9.17) is 11.6 Å². The molecule has 6 heteroatoms. The van der Waals surface area contributed by atoms with Gasteiger partial charge in [0, 0.05) is 32.2 Å². The van der Waals surface area contributed by atoms with Crippen LogP contribution in [0.4, 0.5) is 4.79 Å². The molecule has 0 unspecified atom stereocenters. The van der Waals surface area contributed by atoms with Crippen LogP contribution in [-0.4, -0.2) is 54.0 Å². The summed E-state index contributed by atoms with van der Waals surface area (Å²) in [6, 6.07) is 7.20. The number of likely N-dealkylation sites (tertiary alicyclic amines) is 1. The van der Waals surface area contributed by atoms with Gasteiger partial charge in [-0.2, -0.15) is 0 Å². The summed E-state index contributed by atoms with van der Waals surface area (Å²) in [5.41, 5.74) is 0.496. The highest BCUT2D eigenvalue weighted by Gasteiger charge is 2.26. The molecule has 1 aromatic carbocycles. The lowest BCUT2D eigenvalue weighted by molar-refractivity contribution is 0.0912. The summed E-state index contributed by atoms with van der Waals surface area (Å²) in [4.78, 5) is 28.3. The predicted octanol–water partition coefficient (Wildman–Crippen LogP) is 3.00. The van der Waals surface area contributed by atoms with Crippen molar-refractivity contribution < 1.29 is 9.59 Å². The number of nitrogens with zero attached hydrogens (tertiary/aromatic N) is 2. The molecule has 126 valence electrons. The quantitative estimate of drug-likeness (QED) is 0.918. The number of halogens is 1. The van der Waals surface area contributed by atoms with Gasteiger partial charge in [0.05, 0.1) is 10.6 Å². The molecule has 23 heavy (non-hydrogen) atoms. The van der Waals surface area contributed by atoms with E-state index in [0.717, 1.165) is 25.9 Å². The maximum absolute atomic E-state index is 12.3. The molecule has 0 spiro atoms. The Hall–Kier alpha value is -1.75. The van der Waals surface area contributed by atoms with E-state index >= 15 is 0 Å². The molecule has 3 amide bonds. The monoisotopic (exact) mass is 337 g/mol. The largest absolute Gasteiger partial charge is 0.349 e. The molecule has 0 aromatic heterocycles. The van der Waals surface area contributed by atoms with Crippen LogP contribution in [0.3, 0.4) is 0 Å². The van der Waals surface area contributed by atoms with Crippen LogP contribution < -0.4 is 5.32 Å². The molecule has 2 rings (SSSR count). The smallest absolute Gasteiger partial charge is 0.319 e. The van der Waals surface area contributed by atoms with E-state index in [2.05, 4.69) is 5.32 Å². The normalized spacial score (nSPS) is 15.3. The van der Waals surface area contributed by atoms with Crippen molar-refractivity contribution in [1.82, 2.24) is 15.1 Å². The van der Waals surface area contributed by atoms with Crippen LogP contribution in [0.25, 0.3) is 0 Å². The van der Waals surface area contributed by atoms with Gasteiger partial charge in [0.1, 0.15) is 0 Å². The first-order valence-corrected chi connectivity index (χ1v) is 8.53. The van der Waals surface area contributed by atoms with E-state index in [1.54, 1.807) is 24.3 Å². The van der Waals surface area contributed by atoms with Gasteiger partial charge in [0.25, 0.3) is 5.91 Å². The number of carbonyl (C=O) groups is 2. The highest BCUT2D eigenvalue weighted by Crippen LogP contribution is 2.17. The Labute approximate surface area is 142 Å². The predicted molar refractivity (Wildman–Crippen MR) is 91.8 cm³/mol. The molecular formula is C17H24ClN3O2. The van der Waals surface area contributed by atoms with Crippen molar-refractivity contribution in [1.29, 1.82) is 0 Å². The number of urea groups is 1. The molecule has 1 aromatic rings. The van der Waals surface area contributed by atoms with E-state index in [1.165, 1.54) is 0 Å². The third kappa shape index (κ3) is 4.38. The van der Waals surface area contributed by atoms with Crippen molar-refractivity contribution in [3.05, 3.63) is 34.9 Å². The number of carbonyl (C=O) groups excluding carboxylic acids is 2. The zero-order chi connectivity index (χ0) is 16.8. The van der Waals surface area contributed by atoms with Gasteiger partial charge < -0.3 is 15.1 Å². The third-order valence-corrected chi connectivity index (χ3v) is 4.58. The SMILES string of the molecule is CCN(CC)C(=O)N1CCC(NC(=O)c2ccccc2Cl)CC1. The summed E-state index contributed by atoms with van der Waals surface area (Å²) in [5.74, 6) is -0.149. The molecule has 1 aliphatic rings. The summed E-state index contributed by atoms with van der Waals surface area (Å²) < 4.78 is 0. The lowest BCUT2D eigenvalue weighted by Crippen LogP contribution is -2.50. The zero-order valence-corrected chi connectivity index (χ0v) is 14.5. The van der Waals surface area contributed by atoms with E-state index in [0.29, 0.717) is 23.7 Å². The van der Waals surface area contributed by atoms with Gasteiger partial charge in [0.2, 0.25) is 0 Å². The molecule has 0 radical (unpaired) electrons. The molecule has 0 atom stereocenters. The summed E-state index contributed by atoms with van der Waals surface area (Å²) in [6.45, 7) is 6.75. The number of amides is 3. The van der Waals surface area contributed by atoms with Crippen molar-refractivity contribution in [2.75, 3.05) is 26.2 Å². The topological polar surface area (TPSA) is 52.7 Å². The molecule has 0 aliphatic carbocycles. The molecule has 5 nitrogen and oxygen atoms in total. The Morgan fingerprint density at radius 3 is 2.39 bits per heavy atom. The van der Waals surface area contributed by atoms with E-state index in [-0.39, 0.29) is 18.0 Å². The molecule has 1 heterocycles. The summed E-state index contributed by atoms with van der Waals surface area (Å²) in [5, 5.41) is 3.48. The van der Waals surface area contributed by atoms with E-state index in [9.17, 15) is 9.59 Å². The maximum atomic E-state index is 12.3. The van der Waals surface area contributed by atoms with Crippen molar-refractivity contribution in [2.45, 2.75) is 32.7 Å². The Balaban J connectivity index is 1.86. The number of hydrogen-bond donors (Lipinski definition) is 1. The average Bonchev–Trinajstić information content (AvgIpc) is 2.57. The fourth-order valence-corrected chi connectivity index (χ4v) is 3.04. The second-order valence-electron chi connectivity index (χ2n) is 5.67. The van der Waals surface area contributed by atoms with Gasteiger partial charge in [-0.15, -0.1) is 0 Å². The number of nitrogens with one attached hydrogen (secondary N) is 1. The molecule has 0 saturated carbocycles. The lowest BCUT2D eigenvalue weighted by Gasteiger charge is -2.35. The highest BCUT2D eigenvalue weighted by atomic mass is 35.5. The van der Waals surface area contributed by atoms with Crippen LogP contribution in [-0.2, 0) is 0 Å². The molecule has 1 N–H and O–H groups in total. The average molecular weight is 338 g/mol. The van der Waals surface area contributed by atoms with Crippen molar-refractivity contribution in [3.8, 4) is 0 Å². The summed E-state index contributed by atoms with van der Waals surface area (Å²) in [7, 11) is 0. The first kappa shape index (κ1) is 17.6. The Bertz CT molecular complexity index is 553. The Kier molecular flexibility index (Phi) is 6.28. The lowest BCUT2D eigenvalue weighted by atomic mass is 10.0. The minimum Gasteiger partial charge on any atom is -0.349 e. The van der Waals surface area contributed by atoms with E-state index in [1.807, 2.05) is 23.6 Å². The first-order valence-electron chi connectivity index (χ1n) is 8.16. The van der Waals surface area contributed by atoms with Crippen LogP contribution >= 0.6 is 11.6 Å². The fourth-order valence-electron chi connectivity index (χ4n) is 2.82. The molecular weight excluding hydrogens is 314 g/mol. The van der Waals surface area contributed by atoms with Crippen molar-refractivity contribution in [3.63, 3.8) is 0 Å². The Morgan fingerprint density at radius 2 is 1.83 bits per heavy atom. The van der Waals surface area contributed by atoms with Gasteiger partial charge >= 0.3 is 6.03 Å². The van der Waals surface area contributed by atoms with Crippen LogP contribution in [0.15, 0.2) is 24.3 Å². The Morgan fingerprint density at radius 1 is 1.22 bits per heavy atom. The number of rotatable bonds is 4. The third-order valence-electron chi connectivity index (χ3n) is 4.25. The molecule has 1 aliphatic heterocycles. The standard InChI is InChI=1S/C17H24ClN3O2/c1-3-20(4-2)17(23)21-11-9-13(10-12-21)19-16(22)14-7-5-6-8-15(14)18/h5-8,13H,3-4,9-12H2,1-2H3,(H,19,22). The van der Waals surface area contributed by atoms with E-state index < -0.39 is 0 Å². The highest BCUT2D eigenvalue weighted by molar-refractivity contribution is 6.33. The van der Waals surface area contributed by atoms with Crippen molar-refractivity contribution in [2.24, 2.45) is 0 Å². The van der Waals surface area contributed by atoms with Crippen LogP contribution in [0, 0.1) is 0 Å². The molecule has 1 fully saturated rings. The number of hydrogen-bond acceptors (Lipinski definition) is 2. The first-order chi connectivity index (χ1) is 11.1. The van der Waals surface area contributed by atoms with Crippen LogP contribution in [0.5, 0.6) is 0 Å². The van der Waals surface area contributed by atoms with Crippen molar-refractivity contribution >= 4 is 23.5 Å². The summed E-state index contributed by atoms with van der Waals surface area (Å²) in [6.07, 6.45) is 1.53. The van der Waals surface area contributed by atoms with Gasteiger partial charge in [-0.3, -0.25) is 4.79 Å². The van der Waals surface area contributed by atoms with Crippen LogP contribution in [0.2, 0.25) is 5.02 Å². The fraction of sp³-hybridized carbons (Fsp3) is 0.529.